The molecule has 0 fully saturated rings. The highest BCUT2D eigenvalue weighted by molar-refractivity contribution is 6.28. The fourth-order valence-electron chi connectivity index (χ4n) is 7.72. The predicted molar refractivity (Wildman–Crippen MR) is 203 cm³/mol. The minimum absolute atomic E-state index is 1.15. The second-order valence-electron chi connectivity index (χ2n) is 12.6. The molecule has 2 aromatic heterocycles. The van der Waals surface area contributed by atoms with E-state index < -0.39 is 0 Å². The van der Waals surface area contributed by atoms with E-state index in [4.69, 9.17) is 0 Å². The first-order chi connectivity index (χ1) is 23.8. The highest BCUT2D eigenvalue weighted by Gasteiger charge is 2.21. The maximum absolute atomic E-state index is 2.47. The summed E-state index contributed by atoms with van der Waals surface area (Å²) < 4.78 is 4.95. The van der Waals surface area contributed by atoms with Crippen molar-refractivity contribution < 1.29 is 0 Å². The van der Waals surface area contributed by atoms with Gasteiger partial charge in [-0.3, -0.25) is 0 Å². The van der Waals surface area contributed by atoms with E-state index in [1.54, 1.807) is 0 Å². The molecule has 0 unspecified atom stereocenters. The zero-order chi connectivity index (χ0) is 31.6. The lowest BCUT2D eigenvalue weighted by atomic mass is 10.0. The van der Waals surface area contributed by atoms with Crippen LogP contribution in [0.1, 0.15) is 0 Å². The summed E-state index contributed by atoms with van der Waals surface area (Å²) in [6, 6.07) is 66.1. The Morgan fingerprint density at radius 1 is 0.271 bits per heavy atom. The number of rotatable bonds is 4. The van der Waals surface area contributed by atoms with Gasteiger partial charge in [0.1, 0.15) is 0 Å². The maximum Gasteiger partial charge on any atom is 0.0640 e. The van der Waals surface area contributed by atoms with Gasteiger partial charge < -0.3 is 9.13 Å². The van der Waals surface area contributed by atoms with E-state index in [-0.39, 0.29) is 0 Å². The lowest BCUT2D eigenvalue weighted by Gasteiger charge is -2.14. The molecule has 224 valence electrons. The van der Waals surface area contributed by atoms with Crippen LogP contribution < -0.4 is 0 Å². The summed E-state index contributed by atoms with van der Waals surface area (Å²) in [6.45, 7) is 0. The van der Waals surface area contributed by atoms with Crippen LogP contribution in [0.5, 0.6) is 0 Å². The first-order valence-corrected chi connectivity index (χ1v) is 16.5. The monoisotopic (exact) mass is 610 g/mol. The lowest BCUT2D eigenvalue weighted by molar-refractivity contribution is 1.17. The van der Waals surface area contributed by atoms with Crippen molar-refractivity contribution >= 4 is 54.4 Å². The van der Waals surface area contributed by atoms with Gasteiger partial charge in [0.15, 0.2) is 0 Å². The minimum Gasteiger partial charge on any atom is -0.309 e. The van der Waals surface area contributed by atoms with E-state index in [9.17, 15) is 0 Å². The van der Waals surface area contributed by atoms with Gasteiger partial charge in [-0.05, 0) is 64.0 Å². The fourth-order valence-corrected chi connectivity index (χ4v) is 7.72. The Hall–Kier alpha value is -6.38. The van der Waals surface area contributed by atoms with Crippen LogP contribution in [-0.2, 0) is 0 Å². The summed E-state index contributed by atoms with van der Waals surface area (Å²) in [4.78, 5) is 0. The molecule has 8 aromatic carbocycles. The summed E-state index contributed by atoms with van der Waals surface area (Å²) in [5.74, 6) is 0. The Kier molecular flexibility index (Phi) is 5.91. The molecule has 0 aliphatic rings. The van der Waals surface area contributed by atoms with E-state index in [1.165, 1.54) is 76.6 Å². The van der Waals surface area contributed by atoms with Gasteiger partial charge >= 0.3 is 0 Å². The SMILES string of the molecule is c1ccc(-c2ccc(-n3c4ccccc4c4ccc5ccc6c7ccccc7n(-c7ccc(-c8ccccc8)cc7)c6c5c43)cc2)cc1. The van der Waals surface area contributed by atoms with E-state index in [1.807, 2.05) is 0 Å². The number of hydrogen-bond acceptors (Lipinski definition) is 0. The summed E-state index contributed by atoms with van der Waals surface area (Å²) in [5, 5.41) is 7.52. The van der Waals surface area contributed by atoms with Crippen LogP contribution in [0.3, 0.4) is 0 Å². The smallest absolute Gasteiger partial charge is 0.0640 e. The van der Waals surface area contributed by atoms with Gasteiger partial charge in [0.05, 0.1) is 22.1 Å². The molecule has 10 aromatic rings. The molecule has 0 aliphatic heterocycles. The Morgan fingerprint density at radius 2 is 0.646 bits per heavy atom. The Labute approximate surface area is 278 Å². The molecular formula is C46H30N2. The third kappa shape index (κ3) is 4.00. The van der Waals surface area contributed by atoms with Crippen molar-refractivity contribution in [2.24, 2.45) is 0 Å². The molecule has 2 nitrogen and oxygen atoms in total. The van der Waals surface area contributed by atoms with Crippen LogP contribution in [0.4, 0.5) is 0 Å². The number of aromatic nitrogens is 2. The zero-order valence-corrected chi connectivity index (χ0v) is 26.2. The van der Waals surface area contributed by atoms with Crippen LogP contribution in [0, 0.1) is 0 Å². The summed E-state index contributed by atoms with van der Waals surface area (Å²) in [7, 11) is 0. The lowest BCUT2D eigenvalue weighted by Crippen LogP contribution is -1.97. The van der Waals surface area contributed by atoms with Crippen LogP contribution >= 0.6 is 0 Å². The second-order valence-corrected chi connectivity index (χ2v) is 12.6. The van der Waals surface area contributed by atoms with Crippen LogP contribution in [-0.4, -0.2) is 9.13 Å². The molecule has 48 heavy (non-hydrogen) atoms. The summed E-state index contributed by atoms with van der Waals surface area (Å²) >= 11 is 0. The third-order valence-electron chi connectivity index (χ3n) is 9.91. The average Bonchev–Trinajstić information content (AvgIpc) is 3.69. The molecule has 2 heteroatoms. The first-order valence-electron chi connectivity index (χ1n) is 16.5. The highest BCUT2D eigenvalue weighted by atomic mass is 15.0. The molecule has 2 heterocycles. The van der Waals surface area contributed by atoms with Gasteiger partial charge in [0.25, 0.3) is 0 Å². The van der Waals surface area contributed by atoms with Gasteiger partial charge in [0.2, 0.25) is 0 Å². The van der Waals surface area contributed by atoms with Crippen molar-refractivity contribution in [1.82, 2.24) is 9.13 Å². The van der Waals surface area contributed by atoms with Crippen molar-refractivity contribution in [3.8, 4) is 33.6 Å². The van der Waals surface area contributed by atoms with Gasteiger partial charge in [-0.2, -0.15) is 0 Å². The first kappa shape index (κ1) is 26.8. The van der Waals surface area contributed by atoms with E-state index in [2.05, 4.69) is 191 Å². The largest absolute Gasteiger partial charge is 0.309 e. The molecule has 0 bridgehead atoms. The standard InChI is InChI=1S/C46H30N2/c1-3-11-31(12-4-1)33-19-25-36(26-20-33)47-42-17-9-7-15-38(42)40-29-23-35-24-30-41-39-16-8-10-18-43(39)48(46(41)44(35)45(40)47)37-27-21-34(22-28-37)32-13-5-2-6-14-32/h1-30H. The van der Waals surface area contributed by atoms with Crippen molar-refractivity contribution in [2.75, 3.05) is 0 Å². The highest BCUT2D eigenvalue weighted by Crippen LogP contribution is 2.43. The molecular weight excluding hydrogens is 581 g/mol. The average molecular weight is 611 g/mol. The number of para-hydroxylation sites is 2. The summed E-state index contributed by atoms with van der Waals surface area (Å²) in [6.07, 6.45) is 0. The molecule has 0 saturated heterocycles. The molecule has 0 amide bonds. The molecule has 0 atom stereocenters. The topological polar surface area (TPSA) is 9.86 Å². The minimum atomic E-state index is 1.15. The Balaban J connectivity index is 1.31. The molecule has 0 aliphatic carbocycles. The number of nitrogens with zero attached hydrogens (tertiary/aromatic N) is 2. The summed E-state index contributed by atoms with van der Waals surface area (Å²) in [5.41, 5.74) is 12.1. The molecule has 10 rings (SSSR count). The molecule has 0 radical (unpaired) electrons. The predicted octanol–water partition coefficient (Wildman–Crippen LogP) is 12.4. The van der Waals surface area contributed by atoms with E-state index in [0.29, 0.717) is 0 Å². The number of fused-ring (bicyclic) bond motifs is 9. The molecule has 0 spiro atoms. The van der Waals surface area contributed by atoms with Gasteiger partial charge in [0, 0.05) is 38.3 Å². The van der Waals surface area contributed by atoms with Gasteiger partial charge in [-0.25, -0.2) is 0 Å². The normalized spacial score (nSPS) is 11.8. The molecule has 0 N–H and O–H groups in total. The van der Waals surface area contributed by atoms with Gasteiger partial charge in [-0.1, -0.05) is 146 Å². The van der Waals surface area contributed by atoms with Crippen molar-refractivity contribution in [3.63, 3.8) is 0 Å². The Morgan fingerprint density at radius 3 is 1.08 bits per heavy atom. The van der Waals surface area contributed by atoms with Crippen molar-refractivity contribution in [3.05, 3.63) is 182 Å². The van der Waals surface area contributed by atoms with E-state index >= 15 is 0 Å². The quantitative estimate of drug-likeness (QED) is 0.188. The van der Waals surface area contributed by atoms with Crippen LogP contribution in [0.2, 0.25) is 0 Å². The van der Waals surface area contributed by atoms with Crippen molar-refractivity contribution in [1.29, 1.82) is 0 Å². The number of benzene rings is 8. The maximum atomic E-state index is 2.47. The van der Waals surface area contributed by atoms with Crippen molar-refractivity contribution in [2.45, 2.75) is 0 Å². The van der Waals surface area contributed by atoms with Crippen LogP contribution in [0.25, 0.3) is 88.0 Å². The van der Waals surface area contributed by atoms with Gasteiger partial charge in [-0.15, -0.1) is 0 Å². The zero-order valence-electron chi connectivity index (χ0n) is 26.2. The Bertz CT molecular complexity index is 2590. The molecule has 0 saturated carbocycles. The fraction of sp³-hybridized carbons (Fsp3) is 0. The second kappa shape index (κ2) is 10.6. The van der Waals surface area contributed by atoms with E-state index in [0.717, 1.165) is 11.4 Å². The number of hydrogen-bond donors (Lipinski definition) is 0. The van der Waals surface area contributed by atoms with Crippen LogP contribution in [0.15, 0.2) is 182 Å². The third-order valence-corrected chi connectivity index (χ3v) is 9.91.